The summed E-state index contributed by atoms with van der Waals surface area (Å²) in [5, 5.41) is 8.81. The van der Waals surface area contributed by atoms with Gasteiger partial charge in [0.1, 0.15) is 11.6 Å². The molecule has 6 heteroatoms. The van der Waals surface area contributed by atoms with Gasteiger partial charge in [0.25, 0.3) is 0 Å². The summed E-state index contributed by atoms with van der Waals surface area (Å²) in [5.74, 6) is -1.39. The lowest BCUT2D eigenvalue weighted by Gasteiger charge is -2.30. The number of nitrogens with two attached hydrogens (primary N) is 1. The van der Waals surface area contributed by atoms with Crippen molar-refractivity contribution in [2.75, 3.05) is 6.61 Å². The van der Waals surface area contributed by atoms with Gasteiger partial charge in [0.05, 0.1) is 5.02 Å². The molecule has 98 valence electrons. The molecule has 0 aromatic heterocycles. The summed E-state index contributed by atoms with van der Waals surface area (Å²) in [4.78, 5) is 0. The number of hydrogen-bond donors (Lipinski definition) is 2. The Bertz CT molecular complexity index is 399. The third-order valence-corrected chi connectivity index (χ3v) is 3.02. The summed E-state index contributed by atoms with van der Waals surface area (Å²) >= 11 is 5.68. The highest BCUT2D eigenvalue weighted by Crippen LogP contribution is 2.36. The van der Waals surface area contributed by atoms with Crippen LogP contribution in [0.5, 0.6) is 0 Å². The highest BCUT2D eigenvalue weighted by Gasteiger charge is 2.31. The zero-order valence-electron chi connectivity index (χ0n) is 9.51. The van der Waals surface area contributed by atoms with Gasteiger partial charge in [-0.05, 0) is 12.1 Å². The SMILES string of the molecule is CC(C)(CO)[C@H](N)c1c(F)ccc(F)c1Cl.Cl. The molecule has 2 nitrogen and oxygen atoms in total. The third-order valence-electron chi connectivity index (χ3n) is 2.64. The maximum atomic E-state index is 13.5. The first-order valence-corrected chi connectivity index (χ1v) is 5.19. The molecule has 0 heterocycles. The van der Waals surface area contributed by atoms with E-state index < -0.39 is 23.1 Å². The molecule has 1 rings (SSSR count). The van der Waals surface area contributed by atoms with Crippen LogP contribution in [-0.4, -0.2) is 11.7 Å². The molecule has 0 aliphatic heterocycles. The highest BCUT2D eigenvalue weighted by atomic mass is 35.5. The zero-order valence-corrected chi connectivity index (χ0v) is 11.1. The van der Waals surface area contributed by atoms with Gasteiger partial charge in [-0.1, -0.05) is 25.4 Å². The molecular formula is C11H15Cl2F2NO. The predicted octanol–water partition coefficient (Wildman–Crippen LogP) is 3.06. The molecule has 1 atom stereocenters. The smallest absolute Gasteiger partial charge is 0.142 e. The fourth-order valence-corrected chi connectivity index (χ4v) is 1.59. The summed E-state index contributed by atoms with van der Waals surface area (Å²) in [5.41, 5.74) is 4.93. The van der Waals surface area contributed by atoms with Gasteiger partial charge in [-0.15, -0.1) is 12.4 Å². The molecule has 17 heavy (non-hydrogen) atoms. The lowest BCUT2D eigenvalue weighted by molar-refractivity contribution is 0.130. The summed E-state index contributed by atoms with van der Waals surface area (Å²) in [6.45, 7) is 3.05. The molecule has 3 N–H and O–H groups in total. The largest absolute Gasteiger partial charge is 0.396 e. The molecule has 0 amide bonds. The van der Waals surface area contributed by atoms with E-state index in [2.05, 4.69) is 0 Å². The Morgan fingerprint density at radius 2 is 1.82 bits per heavy atom. The topological polar surface area (TPSA) is 46.2 Å². The van der Waals surface area contributed by atoms with Crippen molar-refractivity contribution in [1.29, 1.82) is 0 Å². The Morgan fingerprint density at radius 1 is 1.35 bits per heavy atom. The minimum Gasteiger partial charge on any atom is -0.396 e. The first kappa shape index (κ1) is 16.6. The average molecular weight is 286 g/mol. The molecule has 0 saturated carbocycles. The average Bonchev–Trinajstić information content (AvgIpc) is 2.24. The lowest BCUT2D eigenvalue weighted by Crippen LogP contribution is -2.33. The van der Waals surface area contributed by atoms with Crippen LogP contribution in [0.15, 0.2) is 12.1 Å². The predicted molar refractivity (Wildman–Crippen MR) is 66.4 cm³/mol. The monoisotopic (exact) mass is 285 g/mol. The van der Waals surface area contributed by atoms with E-state index >= 15 is 0 Å². The van der Waals surface area contributed by atoms with Crippen LogP contribution in [0.1, 0.15) is 25.5 Å². The second kappa shape index (κ2) is 5.96. The molecule has 0 unspecified atom stereocenters. The van der Waals surface area contributed by atoms with Crippen LogP contribution in [-0.2, 0) is 0 Å². The number of aliphatic hydroxyl groups excluding tert-OH is 1. The Hall–Kier alpha value is -0.420. The molecular weight excluding hydrogens is 271 g/mol. The summed E-state index contributed by atoms with van der Waals surface area (Å²) in [6, 6.07) is 1.05. The van der Waals surface area contributed by atoms with Crippen LogP contribution in [0.4, 0.5) is 8.78 Å². The van der Waals surface area contributed by atoms with Crippen LogP contribution in [0.2, 0.25) is 5.02 Å². The van der Waals surface area contributed by atoms with E-state index in [9.17, 15) is 8.78 Å². The van der Waals surface area contributed by atoms with E-state index in [0.29, 0.717) is 0 Å². The van der Waals surface area contributed by atoms with Gasteiger partial charge < -0.3 is 10.8 Å². The van der Waals surface area contributed by atoms with Gasteiger partial charge in [-0.3, -0.25) is 0 Å². The lowest BCUT2D eigenvalue weighted by atomic mass is 9.81. The van der Waals surface area contributed by atoms with Gasteiger partial charge in [0.15, 0.2) is 0 Å². The number of benzene rings is 1. The quantitative estimate of drug-likeness (QED) is 0.839. The Labute approximate surface area is 110 Å². The van der Waals surface area contributed by atoms with Crippen LogP contribution < -0.4 is 5.73 Å². The van der Waals surface area contributed by atoms with E-state index in [0.717, 1.165) is 12.1 Å². The zero-order chi connectivity index (χ0) is 12.5. The van der Waals surface area contributed by atoms with Gasteiger partial charge in [-0.25, -0.2) is 8.78 Å². The van der Waals surface area contributed by atoms with Crippen molar-refractivity contribution in [2.45, 2.75) is 19.9 Å². The van der Waals surface area contributed by atoms with Crippen molar-refractivity contribution in [1.82, 2.24) is 0 Å². The summed E-state index contributed by atoms with van der Waals surface area (Å²) in [7, 11) is 0. The van der Waals surface area contributed by atoms with Gasteiger partial charge >= 0.3 is 0 Å². The maximum absolute atomic E-state index is 13.5. The van der Waals surface area contributed by atoms with Crippen LogP contribution in [0, 0.1) is 17.0 Å². The first-order chi connectivity index (χ1) is 7.31. The summed E-state index contributed by atoms with van der Waals surface area (Å²) < 4.78 is 26.7. The van der Waals surface area contributed by atoms with Crippen LogP contribution in [0.3, 0.4) is 0 Å². The van der Waals surface area contributed by atoms with Crippen molar-refractivity contribution in [3.63, 3.8) is 0 Å². The molecule has 0 aliphatic rings. The molecule has 0 saturated heterocycles. The van der Waals surface area contributed by atoms with Crippen molar-refractivity contribution < 1.29 is 13.9 Å². The van der Waals surface area contributed by atoms with Crippen molar-refractivity contribution in [2.24, 2.45) is 11.1 Å². The van der Waals surface area contributed by atoms with Crippen molar-refractivity contribution >= 4 is 24.0 Å². The number of aliphatic hydroxyl groups is 1. The van der Waals surface area contributed by atoms with E-state index in [1.54, 1.807) is 13.8 Å². The standard InChI is InChI=1S/C11H14ClF2NO.ClH/c1-11(2,5-16)10(15)8-6(13)3-4-7(14)9(8)12;/h3-4,10,16H,5,15H2,1-2H3;1H/t10-;/m1./s1. The summed E-state index contributed by atoms with van der Waals surface area (Å²) in [6.07, 6.45) is 0. The van der Waals surface area contributed by atoms with Crippen LogP contribution >= 0.6 is 24.0 Å². The number of hydrogen-bond acceptors (Lipinski definition) is 2. The Balaban J connectivity index is 0.00000256. The maximum Gasteiger partial charge on any atom is 0.142 e. The van der Waals surface area contributed by atoms with E-state index in [4.69, 9.17) is 22.4 Å². The fourth-order valence-electron chi connectivity index (χ4n) is 1.32. The molecule has 1 aromatic rings. The van der Waals surface area contributed by atoms with Crippen molar-refractivity contribution in [3.05, 3.63) is 34.4 Å². The Kier molecular flexibility index (Phi) is 5.81. The van der Waals surface area contributed by atoms with E-state index in [1.165, 1.54) is 0 Å². The highest BCUT2D eigenvalue weighted by molar-refractivity contribution is 6.31. The van der Waals surface area contributed by atoms with Crippen LogP contribution in [0.25, 0.3) is 0 Å². The second-order valence-corrected chi connectivity index (χ2v) is 4.76. The van der Waals surface area contributed by atoms with Gasteiger partial charge in [0, 0.05) is 23.6 Å². The Morgan fingerprint density at radius 3 is 2.29 bits per heavy atom. The van der Waals surface area contributed by atoms with Gasteiger partial charge in [-0.2, -0.15) is 0 Å². The van der Waals surface area contributed by atoms with Crippen molar-refractivity contribution in [3.8, 4) is 0 Å². The molecule has 0 radical (unpaired) electrons. The molecule has 0 fully saturated rings. The molecule has 1 aromatic carbocycles. The van der Waals surface area contributed by atoms with Gasteiger partial charge in [0.2, 0.25) is 0 Å². The normalized spacial score (nSPS) is 13.1. The molecule has 0 aliphatic carbocycles. The minimum atomic E-state index is -0.874. The number of rotatable bonds is 3. The fraction of sp³-hybridized carbons (Fsp3) is 0.455. The molecule has 0 spiro atoms. The third kappa shape index (κ3) is 3.28. The number of halogens is 4. The minimum absolute atomic E-state index is 0. The first-order valence-electron chi connectivity index (χ1n) is 4.81. The van der Waals surface area contributed by atoms with E-state index in [-0.39, 0.29) is 29.6 Å². The second-order valence-electron chi connectivity index (χ2n) is 4.38. The van der Waals surface area contributed by atoms with E-state index in [1.807, 2.05) is 0 Å². The molecule has 0 bridgehead atoms.